The predicted octanol–water partition coefficient (Wildman–Crippen LogP) is 1.86. The summed E-state index contributed by atoms with van der Waals surface area (Å²) in [6.07, 6.45) is 4.38. The number of aromatic amines is 1. The molecule has 7 nitrogen and oxygen atoms in total. The lowest BCUT2D eigenvalue weighted by molar-refractivity contribution is 0.102. The van der Waals surface area contributed by atoms with Crippen LogP contribution in [0.15, 0.2) is 48.8 Å². The van der Waals surface area contributed by atoms with E-state index in [0.29, 0.717) is 16.9 Å². The number of benzene rings is 1. The second kappa shape index (κ2) is 6.42. The molecule has 0 aliphatic heterocycles. The number of sulfonamides is 1. The van der Waals surface area contributed by atoms with Crippen molar-refractivity contribution in [3.05, 3.63) is 60.0 Å². The van der Waals surface area contributed by atoms with Gasteiger partial charge in [-0.25, -0.2) is 13.1 Å². The van der Waals surface area contributed by atoms with Crippen LogP contribution in [-0.2, 0) is 16.6 Å². The predicted molar refractivity (Wildman–Crippen MR) is 92.2 cm³/mol. The molecule has 2 heterocycles. The normalized spacial score (nSPS) is 11.5. The van der Waals surface area contributed by atoms with Crippen LogP contribution in [0.1, 0.15) is 16.1 Å². The maximum atomic E-state index is 12.4. The summed E-state index contributed by atoms with van der Waals surface area (Å²) < 4.78 is 24.6. The number of hydrogen-bond acceptors (Lipinski definition) is 4. The van der Waals surface area contributed by atoms with Crippen molar-refractivity contribution in [1.29, 1.82) is 0 Å². The Morgan fingerprint density at radius 2 is 2.04 bits per heavy atom. The first-order valence-electron chi connectivity index (χ1n) is 7.19. The minimum absolute atomic E-state index is 0.0370. The summed E-state index contributed by atoms with van der Waals surface area (Å²) in [5.74, 6) is -0.284. The number of carbonyl (C=O) groups is 1. The summed E-state index contributed by atoms with van der Waals surface area (Å²) in [4.78, 5) is 19.5. The van der Waals surface area contributed by atoms with Crippen molar-refractivity contribution in [2.75, 3.05) is 11.6 Å². The molecule has 24 heavy (non-hydrogen) atoms. The van der Waals surface area contributed by atoms with E-state index >= 15 is 0 Å². The van der Waals surface area contributed by atoms with E-state index in [-0.39, 0.29) is 12.5 Å². The summed E-state index contributed by atoms with van der Waals surface area (Å²) in [6, 6.07) is 10.6. The van der Waals surface area contributed by atoms with Crippen LogP contribution in [0.5, 0.6) is 0 Å². The van der Waals surface area contributed by atoms with Crippen molar-refractivity contribution in [2.45, 2.75) is 6.54 Å². The molecule has 1 amide bonds. The third-order valence-electron chi connectivity index (χ3n) is 3.41. The van der Waals surface area contributed by atoms with Crippen molar-refractivity contribution >= 4 is 32.5 Å². The fourth-order valence-electron chi connectivity index (χ4n) is 2.26. The Balaban J connectivity index is 1.74. The van der Waals surface area contributed by atoms with Crippen LogP contribution in [0.2, 0.25) is 0 Å². The lowest BCUT2D eigenvalue weighted by atomic mass is 10.2. The third kappa shape index (κ3) is 3.98. The van der Waals surface area contributed by atoms with Gasteiger partial charge in [0, 0.05) is 34.5 Å². The lowest BCUT2D eigenvalue weighted by Crippen LogP contribution is -2.22. The second-order valence-corrected chi connectivity index (χ2v) is 7.20. The van der Waals surface area contributed by atoms with Crippen LogP contribution >= 0.6 is 0 Å². The van der Waals surface area contributed by atoms with Gasteiger partial charge in [-0.05, 0) is 36.4 Å². The Kier molecular flexibility index (Phi) is 4.32. The number of nitrogens with zero attached hydrogens (tertiary/aromatic N) is 1. The maximum absolute atomic E-state index is 12.4. The third-order valence-corrected chi connectivity index (χ3v) is 4.07. The van der Waals surface area contributed by atoms with Gasteiger partial charge in [0.2, 0.25) is 10.0 Å². The quantitative estimate of drug-likeness (QED) is 0.657. The molecule has 0 spiro atoms. The molecule has 0 saturated carbocycles. The van der Waals surface area contributed by atoms with E-state index in [1.807, 2.05) is 30.5 Å². The molecule has 1 aromatic carbocycles. The molecule has 2 aromatic heterocycles. The van der Waals surface area contributed by atoms with Gasteiger partial charge in [-0.1, -0.05) is 0 Å². The van der Waals surface area contributed by atoms with Crippen LogP contribution in [0.3, 0.4) is 0 Å². The van der Waals surface area contributed by atoms with E-state index in [1.54, 1.807) is 12.1 Å². The van der Waals surface area contributed by atoms with E-state index in [2.05, 4.69) is 20.0 Å². The minimum Gasteiger partial charge on any atom is -0.361 e. The fourth-order valence-corrected chi connectivity index (χ4v) is 2.67. The Morgan fingerprint density at radius 1 is 1.21 bits per heavy atom. The minimum atomic E-state index is -3.31. The van der Waals surface area contributed by atoms with E-state index in [9.17, 15) is 13.2 Å². The van der Waals surface area contributed by atoms with Crippen molar-refractivity contribution in [3.8, 4) is 0 Å². The average molecular weight is 344 g/mol. The average Bonchev–Trinajstić information content (AvgIpc) is 3.00. The molecular weight excluding hydrogens is 328 g/mol. The molecule has 0 unspecified atom stereocenters. The first-order valence-corrected chi connectivity index (χ1v) is 9.08. The number of fused-ring (bicyclic) bond motifs is 1. The molecule has 3 rings (SSSR count). The van der Waals surface area contributed by atoms with Crippen LogP contribution in [0.25, 0.3) is 10.9 Å². The molecule has 0 aliphatic carbocycles. The zero-order valence-electron chi connectivity index (χ0n) is 12.9. The number of carbonyl (C=O) groups excluding carboxylic acids is 1. The largest absolute Gasteiger partial charge is 0.361 e. The van der Waals surface area contributed by atoms with Crippen LogP contribution in [0, 0.1) is 0 Å². The lowest BCUT2D eigenvalue weighted by Gasteiger charge is -2.07. The highest BCUT2D eigenvalue weighted by atomic mass is 32.2. The van der Waals surface area contributed by atoms with E-state index in [1.165, 1.54) is 6.20 Å². The van der Waals surface area contributed by atoms with Gasteiger partial charge in [0.15, 0.2) is 0 Å². The SMILES string of the molecule is CS(=O)(=O)NCc1cc(C(=O)Nc2ccc3[nH]ccc3c2)ccn1. The summed E-state index contributed by atoms with van der Waals surface area (Å²) in [6.45, 7) is 0.0370. The Hall–Kier alpha value is -2.71. The van der Waals surface area contributed by atoms with Crippen LogP contribution < -0.4 is 10.0 Å². The molecule has 8 heteroatoms. The van der Waals surface area contributed by atoms with Crippen LogP contribution in [0.4, 0.5) is 5.69 Å². The Bertz CT molecular complexity index is 995. The summed E-state index contributed by atoms with van der Waals surface area (Å²) in [5.41, 5.74) is 2.55. The summed E-state index contributed by atoms with van der Waals surface area (Å²) in [7, 11) is -3.31. The molecule has 0 fully saturated rings. The Morgan fingerprint density at radius 3 is 2.83 bits per heavy atom. The molecule has 0 aliphatic rings. The van der Waals surface area contributed by atoms with Crippen molar-refractivity contribution in [2.24, 2.45) is 0 Å². The second-order valence-electron chi connectivity index (χ2n) is 5.36. The molecular formula is C16H16N4O3S. The monoisotopic (exact) mass is 344 g/mol. The number of amides is 1. The summed E-state index contributed by atoms with van der Waals surface area (Å²) >= 11 is 0. The highest BCUT2D eigenvalue weighted by Crippen LogP contribution is 2.18. The van der Waals surface area contributed by atoms with Gasteiger partial charge in [-0.15, -0.1) is 0 Å². The zero-order chi connectivity index (χ0) is 17.2. The fraction of sp³-hybridized carbons (Fsp3) is 0.125. The van der Waals surface area contributed by atoms with Crippen molar-refractivity contribution < 1.29 is 13.2 Å². The molecule has 124 valence electrons. The van der Waals surface area contributed by atoms with Crippen LogP contribution in [-0.4, -0.2) is 30.5 Å². The summed E-state index contributed by atoms with van der Waals surface area (Å²) in [5, 5.41) is 3.82. The Labute approximate surface area is 139 Å². The number of aromatic nitrogens is 2. The van der Waals surface area contributed by atoms with Gasteiger partial charge in [-0.3, -0.25) is 9.78 Å². The molecule has 0 radical (unpaired) electrons. The van der Waals surface area contributed by atoms with Gasteiger partial charge < -0.3 is 10.3 Å². The number of hydrogen-bond donors (Lipinski definition) is 3. The number of pyridine rings is 1. The molecule has 3 aromatic rings. The van der Waals surface area contributed by atoms with Crippen molar-refractivity contribution in [3.63, 3.8) is 0 Å². The topological polar surface area (TPSA) is 104 Å². The number of anilines is 1. The highest BCUT2D eigenvalue weighted by molar-refractivity contribution is 7.88. The maximum Gasteiger partial charge on any atom is 0.255 e. The number of rotatable bonds is 5. The van der Waals surface area contributed by atoms with Gasteiger partial charge in [0.05, 0.1) is 18.5 Å². The first kappa shape index (κ1) is 16.2. The highest BCUT2D eigenvalue weighted by Gasteiger charge is 2.09. The zero-order valence-corrected chi connectivity index (χ0v) is 13.7. The first-order chi connectivity index (χ1) is 11.4. The molecule has 0 bridgehead atoms. The van der Waals surface area contributed by atoms with E-state index < -0.39 is 10.0 Å². The number of nitrogens with one attached hydrogen (secondary N) is 3. The van der Waals surface area contributed by atoms with Gasteiger partial charge in [0.25, 0.3) is 5.91 Å². The van der Waals surface area contributed by atoms with Gasteiger partial charge in [0.1, 0.15) is 0 Å². The van der Waals surface area contributed by atoms with E-state index in [4.69, 9.17) is 0 Å². The molecule has 3 N–H and O–H groups in total. The van der Waals surface area contributed by atoms with E-state index in [0.717, 1.165) is 17.2 Å². The van der Waals surface area contributed by atoms with Crippen molar-refractivity contribution in [1.82, 2.24) is 14.7 Å². The standard InChI is InChI=1S/C16H16N4O3S/c1-24(22,23)19-10-14-9-12(5-6-17-14)16(21)20-13-2-3-15-11(8-13)4-7-18-15/h2-9,18-19H,10H2,1H3,(H,20,21). The molecule has 0 saturated heterocycles. The van der Waals surface area contributed by atoms with Gasteiger partial charge >= 0.3 is 0 Å². The number of H-pyrrole nitrogens is 1. The molecule has 0 atom stereocenters. The smallest absolute Gasteiger partial charge is 0.255 e. The van der Waals surface area contributed by atoms with Gasteiger partial charge in [-0.2, -0.15) is 0 Å².